The molecule has 0 aromatic carbocycles. The van der Waals surface area contributed by atoms with Gasteiger partial charge >= 0.3 is 0 Å². The monoisotopic (exact) mass is 370 g/mol. The van der Waals surface area contributed by atoms with Crippen molar-refractivity contribution in [3.8, 4) is 0 Å². The zero-order valence-electron chi connectivity index (χ0n) is 16.9. The molecule has 0 aliphatic heterocycles. The second kappa shape index (κ2) is 17.6. The predicted octanol–water partition coefficient (Wildman–Crippen LogP) is 0.942. The molecule has 6 nitrogen and oxygen atoms in total. The van der Waals surface area contributed by atoms with Crippen LogP contribution < -0.4 is 11.5 Å². The molecule has 6 heteroatoms. The van der Waals surface area contributed by atoms with Gasteiger partial charge in [0.2, 0.25) is 0 Å². The second-order valence-corrected chi connectivity index (χ2v) is 6.76. The van der Waals surface area contributed by atoms with Crippen LogP contribution in [0.2, 0.25) is 0 Å². The Labute approximate surface area is 160 Å². The van der Waals surface area contributed by atoms with Gasteiger partial charge in [0.05, 0.1) is 12.2 Å². The minimum atomic E-state index is -0.472. The van der Waals surface area contributed by atoms with Gasteiger partial charge < -0.3 is 21.7 Å². The molecule has 0 aliphatic carbocycles. The van der Waals surface area contributed by atoms with E-state index < -0.39 is 12.2 Å². The van der Waals surface area contributed by atoms with E-state index in [0.29, 0.717) is 26.2 Å². The fraction of sp³-hybridized carbons (Fsp3) is 0.800. The third-order valence-electron chi connectivity index (χ3n) is 4.21. The Kier molecular flexibility index (Phi) is 17.1. The average molecular weight is 371 g/mol. The van der Waals surface area contributed by atoms with Crippen LogP contribution in [0.25, 0.3) is 0 Å². The summed E-state index contributed by atoms with van der Waals surface area (Å²) in [7, 11) is 0. The maximum Gasteiger partial charge on any atom is 0.0789 e. The normalized spacial score (nSPS) is 14.9. The van der Waals surface area contributed by atoms with Crippen LogP contribution in [0.3, 0.4) is 0 Å². The summed E-state index contributed by atoms with van der Waals surface area (Å²) in [6, 6.07) is 0. The van der Waals surface area contributed by atoms with E-state index in [-0.39, 0.29) is 0 Å². The second-order valence-electron chi connectivity index (χ2n) is 6.76. The van der Waals surface area contributed by atoms with E-state index in [9.17, 15) is 10.2 Å². The maximum absolute atomic E-state index is 9.83. The lowest BCUT2D eigenvalue weighted by Crippen LogP contribution is -2.38. The third-order valence-corrected chi connectivity index (χ3v) is 4.21. The Bertz CT molecular complexity index is 330. The SMILES string of the molecule is CCC=CCN(CCCCN(CC=CCC)CC(O)CN)CC(O)CN. The van der Waals surface area contributed by atoms with Crippen LogP contribution in [0.5, 0.6) is 0 Å². The van der Waals surface area contributed by atoms with Gasteiger partial charge in [-0.3, -0.25) is 9.80 Å². The zero-order valence-corrected chi connectivity index (χ0v) is 16.9. The third kappa shape index (κ3) is 14.4. The van der Waals surface area contributed by atoms with Crippen molar-refractivity contribution in [3.05, 3.63) is 24.3 Å². The number of aliphatic hydroxyl groups excluding tert-OH is 2. The first kappa shape index (κ1) is 25.2. The van der Waals surface area contributed by atoms with Gasteiger partial charge in [-0.15, -0.1) is 0 Å². The van der Waals surface area contributed by atoms with E-state index in [2.05, 4.69) is 48.0 Å². The molecule has 0 spiro atoms. The topological polar surface area (TPSA) is 99.0 Å². The summed E-state index contributed by atoms with van der Waals surface area (Å²) in [5.41, 5.74) is 11.1. The molecular weight excluding hydrogens is 328 g/mol. The van der Waals surface area contributed by atoms with Crippen LogP contribution in [-0.4, -0.2) is 84.6 Å². The molecule has 0 radical (unpaired) electrons. The van der Waals surface area contributed by atoms with Crippen LogP contribution >= 0.6 is 0 Å². The van der Waals surface area contributed by atoms with Crippen LogP contribution in [-0.2, 0) is 0 Å². The molecule has 0 aromatic heterocycles. The molecule has 0 saturated carbocycles. The zero-order chi connectivity index (χ0) is 19.6. The molecule has 0 saturated heterocycles. The van der Waals surface area contributed by atoms with Crippen molar-refractivity contribution in [1.82, 2.24) is 9.80 Å². The van der Waals surface area contributed by atoms with Gasteiger partial charge in [0.1, 0.15) is 0 Å². The van der Waals surface area contributed by atoms with E-state index in [1.54, 1.807) is 0 Å². The summed E-state index contributed by atoms with van der Waals surface area (Å²) < 4.78 is 0. The molecule has 2 unspecified atom stereocenters. The number of rotatable bonds is 17. The van der Waals surface area contributed by atoms with Crippen molar-refractivity contribution in [2.24, 2.45) is 11.5 Å². The van der Waals surface area contributed by atoms with Gasteiger partial charge in [0.25, 0.3) is 0 Å². The Morgan fingerprint density at radius 3 is 1.42 bits per heavy atom. The quantitative estimate of drug-likeness (QED) is 0.225. The number of nitrogens with zero attached hydrogens (tertiary/aromatic N) is 2. The highest BCUT2D eigenvalue weighted by atomic mass is 16.3. The fourth-order valence-electron chi connectivity index (χ4n) is 2.71. The van der Waals surface area contributed by atoms with Gasteiger partial charge in [-0.2, -0.15) is 0 Å². The average Bonchev–Trinajstić information content (AvgIpc) is 2.64. The molecule has 0 heterocycles. The first-order chi connectivity index (χ1) is 12.6. The van der Waals surface area contributed by atoms with Crippen LogP contribution in [0.1, 0.15) is 39.5 Å². The summed E-state index contributed by atoms with van der Waals surface area (Å²) in [4.78, 5) is 4.50. The molecule has 0 amide bonds. The standard InChI is InChI=1S/C20H42N4O2/c1-3-5-7-11-23(17-19(25)15-21)13-9-10-14-24(12-8-6-4-2)18-20(26)16-22/h5-8,19-20,25-26H,3-4,9-18,21-22H2,1-2H3. The van der Waals surface area contributed by atoms with Crippen LogP contribution in [0.4, 0.5) is 0 Å². The summed E-state index contributed by atoms with van der Waals surface area (Å²) in [5, 5.41) is 19.7. The number of allylic oxidation sites excluding steroid dienone is 2. The van der Waals surface area contributed by atoms with E-state index in [1.165, 1.54) is 0 Å². The molecule has 2 atom stereocenters. The molecule has 0 aliphatic rings. The van der Waals surface area contributed by atoms with Crippen molar-refractivity contribution >= 4 is 0 Å². The smallest absolute Gasteiger partial charge is 0.0789 e. The molecule has 26 heavy (non-hydrogen) atoms. The first-order valence-corrected chi connectivity index (χ1v) is 10.1. The summed E-state index contributed by atoms with van der Waals surface area (Å²) in [6.07, 6.45) is 11.8. The van der Waals surface area contributed by atoms with Crippen molar-refractivity contribution in [3.63, 3.8) is 0 Å². The number of aliphatic hydroxyl groups is 2. The number of nitrogens with two attached hydrogens (primary N) is 2. The molecule has 6 N–H and O–H groups in total. The van der Waals surface area contributed by atoms with Gasteiger partial charge in [-0.05, 0) is 38.8 Å². The van der Waals surface area contributed by atoms with Crippen molar-refractivity contribution in [2.45, 2.75) is 51.7 Å². The lowest BCUT2D eigenvalue weighted by Gasteiger charge is -2.25. The first-order valence-electron chi connectivity index (χ1n) is 10.1. The van der Waals surface area contributed by atoms with E-state index >= 15 is 0 Å². The van der Waals surface area contributed by atoms with Crippen molar-refractivity contribution in [1.29, 1.82) is 0 Å². The predicted molar refractivity (Wildman–Crippen MR) is 111 cm³/mol. The van der Waals surface area contributed by atoms with Crippen LogP contribution in [0.15, 0.2) is 24.3 Å². The Balaban J connectivity index is 4.34. The summed E-state index contributed by atoms with van der Waals surface area (Å²) in [6.45, 7) is 9.61. The molecular formula is C20H42N4O2. The Hall–Kier alpha value is -0.760. The lowest BCUT2D eigenvalue weighted by atomic mass is 10.2. The van der Waals surface area contributed by atoms with E-state index in [1.807, 2.05) is 0 Å². The van der Waals surface area contributed by atoms with Crippen molar-refractivity contribution < 1.29 is 10.2 Å². The molecule has 0 aromatic rings. The number of hydrogen-bond donors (Lipinski definition) is 4. The van der Waals surface area contributed by atoms with E-state index in [0.717, 1.165) is 51.9 Å². The maximum atomic E-state index is 9.83. The van der Waals surface area contributed by atoms with Crippen LogP contribution in [0, 0.1) is 0 Å². The highest BCUT2D eigenvalue weighted by molar-refractivity contribution is 4.86. The minimum absolute atomic E-state index is 0.294. The molecule has 154 valence electrons. The van der Waals surface area contributed by atoms with E-state index in [4.69, 9.17) is 11.5 Å². The van der Waals surface area contributed by atoms with Gasteiger partial charge in [-0.25, -0.2) is 0 Å². The lowest BCUT2D eigenvalue weighted by molar-refractivity contribution is 0.116. The largest absolute Gasteiger partial charge is 0.390 e. The number of unbranched alkanes of at least 4 members (excludes halogenated alkanes) is 1. The Morgan fingerprint density at radius 1 is 0.731 bits per heavy atom. The summed E-state index contributed by atoms with van der Waals surface area (Å²) in [5.74, 6) is 0. The van der Waals surface area contributed by atoms with Gasteiger partial charge in [0, 0.05) is 39.3 Å². The minimum Gasteiger partial charge on any atom is -0.390 e. The highest BCUT2D eigenvalue weighted by Crippen LogP contribution is 2.02. The number of hydrogen-bond acceptors (Lipinski definition) is 6. The Morgan fingerprint density at radius 2 is 1.12 bits per heavy atom. The fourth-order valence-corrected chi connectivity index (χ4v) is 2.71. The molecule has 0 bridgehead atoms. The summed E-state index contributed by atoms with van der Waals surface area (Å²) >= 11 is 0. The highest BCUT2D eigenvalue weighted by Gasteiger charge is 2.11. The van der Waals surface area contributed by atoms with Gasteiger partial charge in [-0.1, -0.05) is 38.2 Å². The molecule has 0 fully saturated rings. The van der Waals surface area contributed by atoms with Crippen molar-refractivity contribution in [2.75, 3.05) is 52.4 Å². The van der Waals surface area contributed by atoms with Gasteiger partial charge in [0.15, 0.2) is 0 Å². The molecule has 0 rings (SSSR count).